The molecule has 1 rings (SSSR count). The minimum Gasteiger partial charge on any atom is -0.326 e. The molecule has 0 aliphatic heterocycles. The van der Waals surface area contributed by atoms with Crippen molar-refractivity contribution >= 4 is 5.91 Å². The van der Waals surface area contributed by atoms with Crippen molar-refractivity contribution in [3.8, 4) is 0 Å². The van der Waals surface area contributed by atoms with E-state index in [9.17, 15) is 4.79 Å². The molecule has 3 atom stereocenters. The highest BCUT2D eigenvalue weighted by Gasteiger charge is 2.35. The van der Waals surface area contributed by atoms with Crippen LogP contribution in [0.15, 0.2) is 23.9 Å². The lowest BCUT2D eigenvalue weighted by Gasteiger charge is -2.36. The van der Waals surface area contributed by atoms with Gasteiger partial charge in [0, 0.05) is 11.6 Å². The summed E-state index contributed by atoms with van der Waals surface area (Å²) < 4.78 is 0. The Labute approximate surface area is 124 Å². The predicted octanol–water partition coefficient (Wildman–Crippen LogP) is 4.68. The Hall–Kier alpha value is -1.05. The van der Waals surface area contributed by atoms with Gasteiger partial charge in [-0.1, -0.05) is 46.3 Å². The summed E-state index contributed by atoms with van der Waals surface area (Å²) in [6, 6.07) is 0. The molecule has 0 radical (unpaired) electrons. The zero-order valence-electron chi connectivity index (χ0n) is 13.8. The third-order valence-electron chi connectivity index (χ3n) is 4.40. The fraction of sp³-hybridized carbons (Fsp3) is 0.722. The van der Waals surface area contributed by atoms with Crippen LogP contribution >= 0.6 is 0 Å². The fourth-order valence-electron chi connectivity index (χ4n) is 3.30. The average molecular weight is 277 g/mol. The second-order valence-electron chi connectivity index (χ2n) is 6.49. The van der Waals surface area contributed by atoms with Crippen molar-refractivity contribution in [1.82, 2.24) is 5.32 Å². The number of rotatable bonds is 5. The highest BCUT2D eigenvalue weighted by Crippen LogP contribution is 2.38. The summed E-state index contributed by atoms with van der Waals surface area (Å²) in [6.45, 7) is 10.8. The zero-order valence-corrected chi connectivity index (χ0v) is 13.8. The molecule has 1 fully saturated rings. The molecule has 3 unspecified atom stereocenters. The van der Waals surface area contributed by atoms with Gasteiger partial charge >= 0.3 is 0 Å². The van der Waals surface area contributed by atoms with Gasteiger partial charge in [-0.3, -0.25) is 4.79 Å². The van der Waals surface area contributed by atoms with Gasteiger partial charge in [0.15, 0.2) is 0 Å². The van der Waals surface area contributed by atoms with Crippen LogP contribution in [0.3, 0.4) is 0 Å². The highest BCUT2D eigenvalue weighted by atomic mass is 16.1. The lowest BCUT2D eigenvalue weighted by molar-refractivity contribution is -0.128. The van der Waals surface area contributed by atoms with Gasteiger partial charge in [-0.15, -0.1) is 0 Å². The second kappa shape index (κ2) is 8.28. The third-order valence-corrected chi connectivity index (χ3v) is 4.40. The molecule has 1 amide bonds. The first-order valence-electron chi connectivity index (χ1n) is 8.13. The van der Waals surface area contributed by atoms with Crippen LogP contribution in [-0.4, -0.2) is 5.91 Å². The van der Waals surface area contributed by atoms with Crippen LogP contribution in [0.4, 0.5) is 0 Å². The van der Waals surface area contributed by atoms with Gasteiger partial charge in [0.2, 0.25) is 5.91 Å². The Kier molecular flexibility index (Phi) is 7.04. The van der Waals surface area contributed by atoms with E-state index in [1.54, 1.807) is 0 Å². The number of nitrogens with one attached hydrogen (secondary N) is 1. The largest absolute Gasteiger partial charge is 0.326 e. The maximum atomic E-state index is 12.6. The first kappa shape index (κ1) is 17.0. The van der Waals surface area contributed by atoms with Gasteiger partial charge in [0.25, 0.3) is 0 Å². The molecule has 2 heteroatoms. The van der Waals surface area contributed by atoms with Gasteiger partial charge in [-0.25, -0.2) is 0 Å². The number of hydrogen-bond acceptors (Lipinski definition) is 1. The van der Waals surface area contributed by atoms with Gasteiger partial charge < -0.3 is 5.32 Å². The second-order valence-corrected chi connectivity index (χ2v) is 6.49. The lowest BCUT2D eigenvalue weighted by Crippen LogP contribution is -2.39. The van der Waals surface area contributed by atoms with Gasteiger partial charge in [-0.05, 0) is 50.0 Å². The van der Waals surface area contributed by atoms with Crippen LogP contribution in [0.2, 0.25) is 0 Å². The van der Waals surface area contributed by atoms with Crippen molar-refractivity contribution < 1.29 is 4.79 Å². The molecule has 0 heterocycles. The van der Waals surface area contributed by atoms with E-state index >= 15 is 0 Å². The number of amides is 1. The van der Waals surface area contributed by atoms with E-state index in [4.69, 9.17) is 0 Å². The third kappa shape index (κ3) is 4.81. The van der Waals surface area contributed by atoms with E-state index in [0.717, 1.165) is 18.5 Å². The van der Waals surface area contributed by atoms with Crippen LogP contribution in [-0.2, 0) is 4.79 Å². The van der Waals surface area contributed by atoms with E-state index in [2.05, 4.69) is 39.1 Å². The molecular weight excluding hydrogens is 246 g/mol. The van der Waals surface area contributed by atoms with Crippen molar-refractivity contribution in [2.24, 2.45) is 23.7 Å². The van der Waals surface area contributed by atoms with Crippen LogP contribution in [0.1, 0.15) is 60.3 Å². The zero-order chi connectivity index (χ0) is 15.1. The molecule has 1 saturated carbocycles. The van der Waals surface area contributed by atoms with E-state index < -0.39 is 0 Å². The average Bonchev–Trinajstić information content (AvgIpc) is 2.38. The SMILES string of the molecule is C/C=C\C(=C/CC)NC(=O)C1CC(C)CCC1C(C)C. The molecule has 20 heavy (non-hydrogen) atoms. The highest BCUT2D eigenvalue weighted by molar-refractivity contribution is 5.81. The van der Waals surface area contributed by atoms with E-state index in [1.807, 2.05) is 19.1 Å². The van der Waals surface area contributed by atoms with Crippen LogP contribution in [0.5, 0.6) is 0 Å². The van der Waals surface area contributed by atoms with Crippen molar-refractivity contribution in [2.45, 2.75) is 60.3 Å². The Morgan fingerprint density at radius 2 is 2.05 bits per heavy atom. The van der Waals surface area contributed by atoms with Crippen molar-refractivity contribution in [2.75, 3.05) is 0 Å². The first-order chi connectivity index (χ1) is 9.49. The minimum atomic E-state index is 0.171. The normalized spacial score (nSPS) is 28.1. The number of allylic oxidation sites excluding steroid dienone is 3. The summed E-state index contributed by atoms with van der Waals surface area (Å²) in [4.78, 5) is 12.6. The number of carbonyl (C=O) groups excluding carboxylic acids is 1. The standard InChI is InChI=1S/C18H31NO/c1-6-8-15(9-7-2)19-18(20)17-12-14(5)10-11-16(17)13(3)4/h6,8-9,13-14,16-17H,7,10-12H2,1-5H3,(H,19,20)/b8-6-,15-9+. The number of carbonyl (C=O) groups is 1. The fourth-order valence-corrected chi connectivity index (χ4v) is 3.30. The summed E-state index contributed by atoms with van der Waals surface area (Å²) in [7, 11) is 0. The smallest absolute Gasteiger partial charge is 0.227 e. The molecule has 1 aliphatic carbocycles. The molecule has 0 aromatic rings. The molecule has 0 aromatic carbocycles. The molecule has 2 nitrogen and oxygen atoms in total. The minimum absolute atomic E-state index is 0.171. The molecule has 0 bridgehead atoms. The van der Waals surface area contributed by atoms with Crippen LogP contribution < -0.4 is 5.32 Å². The Morgan fingerprint density at radius 3 is 2.60 bits per heavy atom. The quantitative estimate of drug-likeness (QED) is 0.726. The monoisotopic (exact) mass is 277 g/mol. The Bertz CT molecular complexity index is 368. The summed E-state index contributed by atoms with van der Waals surface area (Å²) in [6.07, 6.45) is 10.5. The van der Waals surface area contributed by atoms with Crippen LogP contribution in [0.25, 0.3) is 0 Å². The summed E-state index contributed by atoms with van der Waals surface area (Å²) in [5.74, 6) is 2.16. The Morgan fingerprint density at radius 1 is 1.35 bits per heavy atom. The van der Waals surface area contributed by atoms with E-state index in [-0.39, 0.29) is 11.8 Å². The molecule has 0 saturated heterocycles. The summed E-state index contributed by atoms with van der Waals surface area (Å²) >= 11 is 0. The molecule has 1 N–H and O–H groups in total. The maximum absolute atomic E-state index is 12.6. The lowest BCUT2D eigenvalue weighted by atomic mass is 9.70. The van der Waals surface area contributed by atoms with Crippen molar-refractivity contribution in [3.05, 3.63) is 23.9 Å². The molecule has 0 spiro atoms. The topological polar surface area (TPSA) is 29.1 Å². The summed E-state index contributed by atoms with van der Waals surface area (Å²) in [5.41, 5.74) is 0.945. The predicted molar refractivity (Wildman–Crippen MR) is 86.2 cm³/mol. The Balaban J connectivity index is 2.78. The molecular formula is C18H31NO. The molecule has 0 aromatic heterocycles. The van der Waals surface area contributed by atoms with Gasteiger partial charge in [0.05, 0.1) is 0 Å². The van der Waals surface area contributed by atoms with Crippen molar-refractivity contribution in [1.29, 1.82) is 0 Å². The van der Waals surface area contributed by atoms with E-state index in [0.29, 0.717) is 17.8 Å². The van der Waals surface area contributed by atoms with Gasteiger partial charge in [-0.2, -0.15) is 0 Å². The number of hydrogen-bond donors (Lipinski definition) is 1. The van der Waals surface area contributed by atoms with E-state index in [1.165, 1.54) is 12.8 Å². The molecule has 1 aliphatic rings. The van der Waals surface area contributed by atoms with Crippen LogP contribution in [0, 0.1) is 23.7 Å². The summed E-state index contributed by atoms with van der Waals surface area (Å²) in [5, 5.41) is 3.13. The first-order valence-corrected chi connectivity index (χ1v) is 8.13. The maximum Gasteiger partial charge on any atom is 0.227 e. The van der Waals surface area contributed by atoms with Gasteiger partial charge in [0.1, 0.15) is 0 Å². The van der Waals surface area contributed by atoms with Crippen molar-refractivity contribution in [3.63, 3.8) is 0 Å². The molecule has 114 valence electrons.